The van der Waals surface area contributed by atoms with E-state index in [-0.39, 0.29) is 0 Å². The predicted octanol–water partition coefficient (Wildman–Crippen LogP) is 2.48. The van der Waals surface area contributed by atoms with Crippen molar-refractivity contribution in [2.45, 2.75) is 13.8 Å². The summed E-state index contributed by atoms with van der Waals surface area (Å²) in [6.45, 7) is 4.12. The van der Waals surface area contributed by atoms with Crippen molar-refractivity contribution in [2.24, 2.45) is 0 Å². The van der Waals surface area contributed by atoms with Gasteiger partial charge in [-0.3, -0.25) is 0 Å². The summed E-state index contributed by atoms with van der Waals surface area (Å²) in [6, 6.07) is 8.15. The molecule has 1 aromatic carbocycles. The first kappa shape index (κ1) is 8.17. The Labute approximate surface area is 77.7 Å². The molecule has 0 N–H and O–H groups in total. The lowest BCUT2D eigenvalue weighted by atomic mass is 10.2. The molecule has 0 atom stereocenters. The van der Waals surface area contributed by atoms with Crippen molar-refractivity contribution in [1.29, 1.82) is 0 Å². The van der Waals surface area contributed by atoms with E-state index < -0.39 is 0 Å². The SMILES string of the molecule is [CH2]On1c(C)c(C)c2ccccc21. The molecular formula is C11H12NO. The van der Waals surface area contributed by atoms with E-state index >= 15 is 0 Å². The molecule has 1 heterocycles. The maximum Gasteiger partial charge on any atom is 0.151 e. The maximum absolute atomic E-state index is 5.05. The Hall–Kier alpha value is -1.44. The van der Waals surface area contributed by atoms with Gasteiger partial charge in [-0.1, -0.05) is 18.2 Å². The molecule has 1 radical (unpaired) electrons. The number of benzene rings is 1. The summed E-state index contributed by atoms with van der Waals surface area (Å²) < 4.78 is 1.75. The van der Waals surface area contributed by atoms with Crippen LogP contribution in [0.1, 0.15) is 11.3 Å². The molecule has 0 bridgehead atoms. The monoisotopic (exact) mass is 174 g/mol. The third-order valence-corrected chi connectivity index (χ3v) is 2.50. The van der Waals surface area contributed by atoms with Crippen LogP contribution >= 0.6 is 0 Å². The van der Waals surface area contributed by atoms with Crippen molar-refractivity contribution >= 4 is 10.9 Å². The first-order chi connectivity index (χ1) is 6.25. The highest BCUT2D eigenvalue weighted by atomic mass is 16.6. The van der Waals surface area contributed by atoms with Gasteiger partial charge in [-0.2, -0.15) is 4.73 Å². The van der Waals surface area contributed by atoms with Crippen LogP contribution in [0.15, 0.2) is 24.3 Å². The van der Waals surface area contributed by atoms with E-state index in [1.165, 1.54) is 10.9 Å². The van der Waals surface area contributed by atoms with Crippen LogP contribution in [0.2, 0.25) is 0 Å². The van der Waals surface area contributed by atoms with Crippen LogP contribution in [0.5, 0.6) is 0 Å². The van der Waals surface area contributed by atoms with E-state index in [0.717, 1.165) is 11.2 Å². The van der Waals surface area contributed by atoms with Crippen LogP contribution in [-0.4, -0.2) is 4.73 Å². The van der Waals surface area contributed by atoms with Crippen LogP contribution in [0.25, 0.3) is 10.9 Å². The Morgan fingerprint density at radius 1 is 1.23 bits per heavy atom. The number of aromatic nitrogens is 1. The third kappa shape index (κ3) is 1.02. The number of fused-ring (bicyclic) bond motifs is 1. The molecule has 67 valence electrons. The molecule has 0 spiro atoms. The van der Waals surface area contributed by atoms with Gasteiger partial charge in [-0.15, -0.1) is 0 Å². The summed E-state index contributed by atoms with van der Waals surface area (Å²) >= 11 is 0. The number of nitrogens with zero attached hydrogens (tertiary/aromatic N) is 1. The molecule has 0 aliphatic heterocycles. The lowest BCUT2D eigenvalue weighted by Gasteiger charge is -2.03. The molecule has 0 unspecified atom stereocenters. The lowest BCUT2D eigenvalue weighted by molar-refractivity contribution is 0.212. The van der Waals surface area contributed by atoms with Gasteiger partial charge < -0.3 is 4.84 Å². The van der Waals surface area contributed by atoms with Crippen molar-refractivity contribution in [3.63, 3.8) is 0 Å². The number of hydrogen-bond donors (Lipinski definition) is 0. The molecule has 1 aromatic heterocycles. The zero-order valence-electron chi connectivity index (χ0n) is 7.87. The second-order valence-corrected chi connectivity index (χ2v) is 3.15. The highest BCUT2D eigenvalue weighted by molar-refractivity contribution is 5.84. The van der Waals surface area contributed by atoms with Crippen LogP contribution in [0.4, 0.5) is 0 Å². The van der Waals surface area contributed by atoms with E-state index in [9.17, 15) is 0 Å². The maximum atomic E-state index is 5.05. The summed E-state index contributed by atoms with van der Waals surface area (Å²) in [5, 5.41) is 1.23. The number of rotatable bonds is 1. The van der Waals surface area contributed by atoms with Gasteiger partial charge in [0.2, 0.25) is 0 Å². The van der Waals surface area contributed by atoms with Gasteiger partial charge >= 0.3 is 0 Å². The van der Waals surface area contributed by atoms with Gasteiger partial charge in [-0.05, 0) is 25.5 Å². The molecule has 0 saturated carbocycles. The van der Waals surface area contributed by atoms with Crippen molar-refractivity contribution in [3.05, 3.63) is 42.6 Å². The minimum Gasteiger partial charge on any atom is -0.410 e. The highest BCUT2D eigenvalue weighted by Crippen LogP contribution is 2.23. The predicted molar refractivity (Wildman–Crippen MR) is 53.3 cm³/mol. The fourth-order valence-corrected chi connectivity index (χ4v) is 1.66. The average molecular weight is 174 g/mol. The smallest absolute Gasteiger partial charge is 0.151 e. The summed E-state index contributed by atoms with van der Waals surface area (Å²) in [5.41, 5.74) is 3.43. The summed E-state index contributed by atoms with van der Waals surface area (Å²) in [6.07, 6.45) is 0. The minimum atomic E-state index is 1.08. The van der Waals surface area contributed by atoms with E-state index in [0.29, 0.717) is 0 Å². The molecule has 13 heavy (non-hydrogen) atoms. The molecular weight excluding hydrogens is 162 g/mol. The fourth-order valence-electron chi connectivity index (χ4n) is 1.66. The average Bonchev–Trinajstić information content (AvgIpc) is 2.41. The van der Waals surface area contributed by atoms with E-state index in [1.54, 1.807) is 4.73 Å². The second kappa shape index (κ2) is 2.80. The largest absolute Gasteiger partial charge is 0.410 e. The van der Waals surface area contributed by atoms with Gasteiger partial charge in [0, 0.05) is 5.39 Å². The fraction of sp³-hybridized carbons (Fsp3) is 0.182. The second-order valence-electron chi connectivity index (χ2n) is 3.15. The molecule has 2 rings (SSSR count). The van der Waals surface area contributed by atoms with Crippen molar-refractivity contribution in [2.75, 3.05) is 0 Å². The number of hydrogen-bond acceptors (Lipinski definition) is 1. The topological polar surface area (TPSA) is 14.2 Å². The van der Waals surface area contributed by atoms with E-state index in [2.05, 4.69) is 20.1 Å². The lowest BCUT2D eigenvalue weighted by Crippen LogP contribution is -2.04. The van der Waals surface area contributed by atoms with Gasteiger partial charge in [0.15, 0.2) is 7.11 Å². The molecule has 0 fully saturated rings. The van der Waals surface area contributed by atoms with Crippen LogP contribution in [0.3, 0.4) is 0 Å². The normalized spacial score (nSPS) is 10.7. The van der Waals surface area contributed by atoms with Crippen molar-refractivity contribution in [1.82, 2.24) is 4.73 Å². The molecule has 2 heteroatoms. The van der Waals surface area contributed by atoms with Crippen LogP contribution in [0, 0.1) is 21.0 Å². The molecule has 0 aliphatic carbocycles. The van der Waals surface area contributed by atoms with E-state index in [1.807, 2.05) is 25.1 Å². The summed E-state index contributed by atoms with van der Waals surface area (Å²) in [5.74, 6) is 0. The standard InChI is InChI=1S/C11H12NO/c1-8-9(2)12(13-3)11-7-5-4-6-10(8)11/h4-7H,3H2,1-2H3. The highest BCUT2D eigenvalue weighted by Gasteiger charge is 2.09. The van der Waals surface area contributed by atoms with Crippen molar-refractivity contribution in [3.8, 4) is 0 Å². The number of aryl methyl sites for hydroxylation is 1. The minimum absolute atomic E-state index is 1.08. The Kier molecular flexibility index (Phi) is 1.76. The molecule has 0 amide bonds. The van der Waals surface area contributed by atoms with Gasteiger partial charge in [0.25, 0.3) is 0 Å². The van der Waals surface area contributed by atoms with Gasteiger partial charge in [0.05, 0.1) is 11.2 Å². The van der Waals surface area contributed by atoms with Gasteiger partial charge in [-0.25, -0.2) is 0 Å². The Morgan fingerprint density at radius 3 is 2.62 bits per heavy atom. The Balaban J connectivity index is 2.90. The number of para-hydroxylation sites is 1. The first-order valence-electron chi connectivity index (χ1n) is 4.25. The van der Waals surface area contributed by atoms with Crippen LogP contribution < -0.4 is 4.84 Å². The van der Waals surface area contributed by atoms with Gasteiger partial charge in [0.1, 0.15) is 0 Å². The zero-order valence-corrected chi connectivity index (χ0v) is 7.87. The third-order valence-electron chi connectivity index (χ3n) is 2.50. The Bertz CT molecular complexity index is 443. The molecule has 2 nitrogen and oxygen atoms in total. The summed E-state index contributed by atoms with van der Waals surface area (Å²) in [7, 11) is 3.44. The van der Waals surface area contributed by atoms with Crippen LogP contribution in [-0.2, 0) is 0 Å². The van der Waals surface area contributed by atoms with E-state index in [4.69, 9.17) is 4.84 Å². The molecule has 2 aromatic rings. The summed E-state index contributed by atoms with van der Waals surface area (Å²) in [4.78, 5) is 5.05. The Morgan fingerprint density at radius 2 is 1.92 bits per heavy atom. The quantitative estimate of drug-likeness (QED) is 0.647. The first-order valence-corrected chi connectivity index (χ1v) is 4.25. The molecule has 0 saturated heterocycles. The molecule has 0 aliphatic rings. The zero-order chi connectivity index (χ0) is 9.42. The van der Waals surface area contributed by atoms with Crippen molar-refractivity contribution < 1.29 is 4.84 Å².